The van der Waals surface area contributed by atoms with Crippen LogP contribution in [0.3, 0.4) is 0 Å². The highest BCUT2D eigenvalue weighted by Gasteiger charge is 2.18. The number of rotatable bonds is 7. The molecule has 0 aromatic heterocycles. The average Bonchev–Trinajstić information content (AvgIpc) is 2.71. The third-order valence-electron chi connectivity index (χ3n) is 4.33. The highest BCUT2D eigenvalue weighted by atomic mass is 35.5. The summed E-state index contributed by atoms with van der Waals surface area (Å²) in [4.78, 5) is 12.5. The molecule has 0 bridgehead atoms. The van der Waals surface area contributed by atoms with Gasteiger partial charge in [-0.15, -0.1) is 0 Å². The minimum absolute atomic E-state index is 0.0871. The molecule has 0 unspecified atom stereocenters. The van der Waals surface area contributed by atoms with Crippen molar-refractivity contribution < 1.29 is 17.9 Å². The average molecular weight is 445 g/mol. The number of carbonyl (C=O) groups is 1. The number of aryl methyl sites for hydroxylation is 1. The summed E-state index contributed by atoms with van der Waals surface area (Å²) in [5.41, 5.74) is 1.78. The van der Waals surface area contributed by atoms with Gasteiger partial charge in [-0.1, -0.05) is 41.9 Å². The maximum atomic E-state index is 12.6. The molecule has 3 aromatic carbocycles. The number of hydrogen-bond donors (Lipinski definition) is 2. The van der Waals surface area contributed by atoms with Crippen molar-refractivity contribution in [3.8, 4) is 5.75 Å². The summed E-state index contributed by atoms with van der Waals surface area (Å²) in [5, 5.41) is 3.11. The van der Waals surface area contributed by atoms with Gasteiger partial charge in [-0.05, 0) is 61.9 Å². The van der Waals surface area contributed by atoms with E-state index in [2.05, 4.69) is 10.0 Å². The maximum Gasteiger partial charge on any atom is 0.265 e. The SMILES string of the molecule is Cc1ccccc1NS(=O)(=O)c1ccc(NC(=O)[C@@H](C)Oc2ccccc2Cl)cc1. The molecule has 0 aliphatic rings. The normalized spacial score (nSPS) is 12.1. The summed E-state index contributed by atoms with van der Waals surface area (Å²) in [6.45, 7) is 3.42. The van der Waals surface area contributed by atoms with E-state index in [9.17, 15) is 13.2 Å². The van der Waals surface area contributed by atoms with Crippen LogP contribution in [0.5, 0.6) is 5.75 Å². The Morgan fingerprint density at radius 1 is 0.967 bits per heavy atom. The number of benzene rings is 3. The van der Waals surface area contributed by atoms with Crippen LogP contribution in [0.25, 0.3) is 0 Å². The molecule has 8 heteroatoms. The van der Waals surface area contributed by atoms with E-state index < -0.39 is 16.1 Å². The molecule has 3 aromatic rings. The number of para-hydroxylation sites is 2. The Balaban J connectivity index is 1.66. The lowest BCUT2D eigenvalue weighted by Gasteiger charge is -2.16. The number of amides is 1. The fourth-order valence-corrected chi connectivity index (χ4v) is 3.95. The quantitative estimate of drug-likeness (QED) is 0.545. The van der Waals surface area contributed by atoms with Gasteiger partial charge in [0.05, 0.1) is 15.6 Å². The van der Waals surface area contributed by atoms with Crippen LogP contribution < -0.4 is 14.8 Å². The van der Waals surface area contributed by atoms with Crippen molar-refractivity contribution in [1.29, 1.82) is 0 Å². The second kappa shape index (κ2) is 9.19. The molecule has 1 amide bonds. The van der Waals surface area contributed by atoms with Crippen LogP contribution in [0.2, 0.25) is 5.02 Å². The van der Waals surface area contributed by atoms with E-state index in [4.69, 9.17) is 16.3 Å². The number of halogens is 1. The summed E-state index contributed by atoms with van der Waals surface area (Å²) >= 11 is 6.04. The second-order valence-corrected chi connectivity index (χ2v) is 8.71. The van der Waals surface area contributed by atoms with Gasteiger partial charge in [0.15, 0.2) is 6.10 Å². The number of sulfonamides is 1. The van der Waals surface area contributed by atoms with Gasteiger partial charge >= 0.3 is 0 Å². The highest BCUT2D eigenvalue weighted by Crippen LogP contribution is 2.25. The monoisotopic (exact) mass is 444 g/mol. The third kappa shape index (κ3) is 5.31. The number of anilines is 2. The van der Waals surface area contributed by atoms with Gasteiger partial charge in [0.25, 0.3) is 15.9 Å². The van der Waals surface area contributed by atoms with Gasteiger partial charge in [0.1, 0.15) is 5.75 Å². The van der Waals surface area contributed by atoms with Gasteiger partial charge in [0, 0.05) is 5.69 Å². The molecular formula is C22H21ClN2O4S. The standard InChI is InChI=1S/C22H21ClN2O4S/c1-15-7-3-5-9-20(15)25-30(27,28)18-13-11-17(12-14-18)24-22(26)16(2)29-21-10-6-4-8-19(21)23/h3-14,16,25H,1-2H3,(H,24,26)/t16-/m1/s1. The van der Waals surface area contributed by atoms with Crippen LogP contribution in [0.15, 0.2) is 77.7 Å². The zero-order valence-electron chi connectivity index (χ0n) is 16.4. The van der Waals surface area contributed by atoms with Crippen molar-refractivity contribution in [2.24, 2.45) is 0 Å². The third-order valence-corrected chi connectivity index (χ3v) is 6.02. The second-order valence-electron chi connectivity index (χ2n) is 6.62. The highest BCUT2D eigenvalue weighted by molar-refractivity contribution is 7.92. The molecule has 0 heterocycles. The van der Waals surface area contributed by atoms with E-state index >= 15 is 0 Å². The first-order chi connectivity index (χ1) is 14.3. The van der Waals surface area contributed by atoms with E-state index in [1.54, 1.807) is 43.3 Å². The molecule has 0 aliphatic heterocycles. The Morgan fingerprint density at radius 3 is 2.27 bits per heavy atom. The fourth-order valence-electron chi connectivity index (χ4n) is 2.64. The Kier molecular flexibility index (Phi) is 6.64. The molecule has 0 saturated carbocycles. The van der Waals surface area contributed by atoms with Crippen LogP contribution in [-0.2, 0) is 14.8 Å². The Bertz CT molecular complexity index is 1150. The van der Waals surface area contributed by atoms with Crippen molar-refractivity contribution in [1.82, 2.24) is 0 Å². The lowest BCUT2D eigenvalue weighted by Crippen LogP contribution is -2.30. The van der Waals surface area contributed by atoms with Gasteiger partial charge in [-0.2, -0.15) is 0 Å². The molecule has 0 fully saturated rings. The first-order valence-corrected chi connectivity index (χ1v) is 11.0. The topological polar surface area (TPSA) is 84.5 Å². The van der Waals surface area contributed by atoms with Gasteiger partial charge in [-0.3, -0.25) is 9.52 Å². The molecule has 3 rings (SSSR count). The fraction of sp³-hybridized carbons (Fsp3) is 0.136. The first-order valence-electron chi connectivity index (χ1n) is 9.17. The molecular weight excluding hydrogens is 424 g/mol. The molecule has 30 heavy (non-hydrogen) atoms. The van der Waals surface area contributed by atoms with Gasteiger partial charge < -0.3 is 10.1 Å². The minimum Gasteiger partial charge on any atom is -0.479 e. The van der Waals surface area contributed by atoms with Crippen molar-refractivity contribution in [3.63, 3.8) is 0 Å². The van der Waals surface area contributed by atoms with E-state index in [-0.39, 0.29) is 10.8 Å². The molecule has 156 valence electrons. The largest absolute Gasteiger partial charge is 0.479 e. The zero-order chi connectivity index (χ0) is 21.7. The molecule has 6 nitrogen and oxygen atoms in total. The van der Waals surface area contributed by atoms with Crippen molar-refractivity contribution in [2.45, 2.75) is 24.8 Å². The molecule has 0 radical (unpaired) electrons. The number of carbonyl (C=O) groups excluding carboxylic acids is 1. The molecule has 0 spiro atoms. The van der Waals surface area contributed by atoms with Crippen LogP contribution in [-0.4, -0.2) is 20.4 Å². The van der Waals surface area contributed by atoms with Crippen molar-refractivity contribution in [3.05, 3.63) is 83.4 Å². The Labute approximate surface area is 180 Å². The lowest BCUT2D eigenvalue weighted by atomic mass is 10.2. The lowest BCUT2D eigenvalue weighted by molar-refractivity contribution is -0.122. The molecule has 2 N–H and O–H groups in total. The van der Waals surface area contributed by atoms with Crippen LogP contribution in [0.1, 0.15) is 12.5 Å². The summed E-state index contributed by atoms with van der Waals surface area (Å²) < 4.78 is 33.4. The van der Waals surface area contributed by atoms with E-state index in [1.807, 2.05) is 19.1 Å². The number of ether oxygens (including phenoxy) is 1. The van der Waals surface area contributed by atoms with Gasteiger partial charge in [0.2, 0.25) is 0 Å². The number of nitrogens with one attached hydrogen (secondary N) is 2. The van der Waals surface area contributed by atoms with Crippen molar-refractivity contribution >= 4 is 38.9 Å². The Hall–Kier alpha value is -3.03. The van der Waals surface area contributed by atoms with E-state index in [1.165, 1.54) is 24.3 Å². The molecule has 0 saturated heterocycles. The summed E-state index contributed by atoms with van der Waals surface area (Å²) in [6.07, 6.45) is -0.795. The zero-order valence-corrected chi connectivity index (χ0v) is 18.0. The van der Waals surface area contributed by atoms with Crippen LogP contribution in [0.4, 0.5) is 11.4 Å². The molecule has 1 atom stereocenters. The predicted octanol–water partition coefficient (Wildman–Crippen LogP) is 4.86. The Morgan fingerprint density at radius 2 is 1.60 bits per heavy atom. The maximum absolute atomic E-state index is 12.6. The number of hydrogen-bond acceptors (Lipinski definition) is 4. The van der Waals surface area contributed by atoms with E-state index in [0.29, 0.717) is 22.1 Å². The van der Waals surface area contributed by atoms with Crippen LogP contribution >= 0.6 is 11.6 Å². The predicted molar refractivity (Wildman–Crippen MR) is 119 cm³/mol. The summed E-state index contributed by atoms with van der Waals surface area (Å²) in [6, 6.07) is 19.9. The summed E-state index contributed by atoms with van der Waals surface area (Å²) in [5.74, 6) is 0.0223. The van der Waals surface area contributed by atoms with Gasteiger partial charge in [-0.25, -0.2) is 8.42 Å². The first kappa shape index (κ1) is 21.7. The molecule has 0 aliphatic carbocycles. The van der Waals surface area contributed by atoms with E-state index in [0.717, 1.165) is 5.56 Å². The van der Waals surface area contributed by atoms with Crippen molar-refractivity contribution in [2.75, 3.05) is 10.0 Å². The summed E-state index contributed by atoms with van der Waals surface area (Å²) in [7, 11) is -3.74. The minimum atomic E-state index is -3.74. The van der Waals surface area contributed by atoms with Crippen LogP contribution in [0, 0.1) is 6.92 Å². The smallest absolute Gasteiger partial charge is 0.265 e.